The molecule has 0 amide bonds. The maximum absolute atomic E-state index is 2.54. The van der Waals surface area contributed by atoms with E-state index in [1.165, 1.54) is 104 Å². The van der Waals surface area contributed by atoms with Gasteiger partial charge in [0.15, 0.2) is 0 Å². The summed E-state index contributed by atoms with van der Waals surface area (Å²) >= 11 is 0. The van der Waals surface area contributed by atoms with Crippen molar-refractivity contribution in [2.75, 3.05) is 4.90 Å². The van der Waals surface area contributed by atoms with Crippen LogP contribution in [0.3, 0.4) is 0 Å². The lowest BCUT2D eigenvalue weighted by molar-refractivity contribution is 0.569. The second kappa shape index (κ2) is 16.2. The number of hydrogen-bond donors (Lipinski definition) is 0. The maximum Gasteiger partial charge on any atom is 0.0541 e. The Bertz CT molecular complexity index is 3710. The molecule has 11 aromatic rings. The molecular formula is C68H66N2. The number of benzene rings is 10. The summed E-state index contributed by atoms with van der Waals surface area (Å²) in [5.41, 5.74) is 17.1. The Kier molecular flexibility index (Phi) is 10.5. The van der Waals surface area contributed by atoms with Gasteiger partial charge in [0, 0.05) is 32.8 Å². The van der Waals surface area contributed by atoms with E-state index < -0.39 is 0 Å². The van der Waals surface area contributed by atoms with Crippen LogP contribution < -0.4 is 4.90 Å². The molecule has 10 aromatic carbocycles. The van der Waals surface area contributed by atoms with Crippen molar-refractivity contribution >= 4 is 71.2 Å². The van der Waals surface area contributed by atoms with Crippen LogP contribution in [0.5, 0.6) is 0 Å². The Morgan fingerprint density at radius 1 is 0.329 bits per heavy atom. The molecule has 0 radical (unpaired) electrons. The number of rotatable bonds is 6. The van der Waals surface area contributed by atoms with E-state index >= 15 is 0 Å². The smallest absolute Gasteiger partial charge is 0.0541 e. The molecule has 2 nitrogen and oxygen atoms in total. The van der Waals surface area contributed by atoms with Gasteiger partial charge in [0.1, 0.15) is 0 Å². The fourth-order valence-corrected chi connectivity index (χ4v) is 10.9. The second-order valence-corrected chi connectivity index (χ2v) is 23.9. The van der Waals surface area contributed by atoms with Gasteiger partial charge in [-0.15, -0.1) is 0 Å². The lowest BCUT2D eigenvalue weighted by Crippen LogP contribution is -2.17. The van der Waals surface area contributed by atoms with Crippen LogP contribution >= 0.6 is 0 Å². The summed E-state index contributed by atoms with van der Waals surface area (Å²) in [4.78, 5) is 2.54. The number of para-hydroxylation sites is 3. The molecule has 0 fully saturated rings. The van der Waals surface area contributed by atoms with Gasteiger partial charge < -0.3 is 9.47 Å². The van der Waals surface area contributed by atoms with Gasteiger partial charge in [-0.3, -0.25) is 0 Å². The SMILES string of the molecule is CC(C)(C)c1cc(-c2ccc(C(C)(C)C)cc2-c2cc(C(C)(C)C)ccc2N(c2ccccc2)c2ccc3ccc4c(-n5c6ccccc6c6ccccc65)ccc5ccc2c3c54)cc(C(C)(C)C)c1. The van der Waals surface area contributed by atoms with Crippen molar-refractivity contribution in [3.63, 3.8) is 0 Å². The third kappa shape index (κ3) is 7.64. The second-order valence-electron chi connectivity index (χ2n) is 23.9. The summed E-state index contributed by atoms with van der Waals surface area (Å²) in [5.74, 6) is 0. The van der Waals surface area contributed by atoms with Crippen LogP contribution in [0.25, 0.3) is 82.1 Å². The molecule has 348 valence electrons. The molecule has 70 heavy (non-hydrogen) atoms. The van der Waals surface area contributed by atoms with E-state index in [-0.39, 0.29) is 21.7 Å². The molecule has 2 heteroatoms. The molecule has 0 aliphatic heterocycles. The number of aromatic nitrogens is 1. The molecule has 0 atom stereocenters. The minimum absolute atomic E-state index is 0.0256. The van der Waals surface area contributed by atoms with Gasteiger partial charge in [0.25, 0.3) is 0 Å². The van der Waals surface area contributed by atoms with E-state index in [1.807, 2.05) is 0 Å². The summed E-state index contributed by atoms with van der Waals surface area (Å²) in [7, 11) is 0. The zero-order chi connectivity index (χ0) is 49.1. The lowest BCUT2D eigenvalue weighted by Gasteiger charge is -2.32. The Morgan fingerprint density at radius 2 is 0.800 bits per heavy atom. The molecule has 0 N–H and O–H groups in total. The molecule has 0 saturated carbocycles. The van der Waals surface area contributed by atoms with Crippen LogP contribution in [0.2, 0.25) is 0 Å². The van der Waals surface area contributed by atoms with Gasteiger partial charge in [-0.25, -0.2) is 0 Å². The predicted molar refractivity (Wildman–Crippen MR) is 305 cm³/mol. The quantitative estimate of drug-likeness (QED) is 0.151. The highest BCUT2D eigenvalue weighted by Crippen LogP contribution is 2.50. The third-order valence-corrected chi connectivity index (χ3v) is 15.0. The van der Waals surface area contributed by atoms with Gasteiger partial charge >= 0.3 is 0 Å². The topological polar surface area (TPSA) is 8.17 Å². The van der Waals surface area contributed by atoms with E-state index in [2.05, 4.69) is 275 Å². The third-order valence-electron chi connectivity index (χ3n) is 15.0. The summed E-state index contributed by atoms with van der Waals surface area (Å²) in [6.45, 7) is 28.1. The molecule has 0 spiro atoms. The largest absolute Gasteiger partial charge is 0.309 e. The monoisotopic (exact) mass is 911 g/mol. The first-order valence-corrected chi connectivity index (χ1v) is 25.3. The summed E-state index contributed by atoms with van der Waals surface area (Å²) in [5, 5.41) is 10.1. The number of anilines is 3. The van der Waals surface area contributed by atoms with Crippen molar-refractivity contribution < 1.29 is 0 Å². The molecule has 1 heterocycles. The lowest BCUT2D eigenvalue weighted by atomic mass is 9.77. The Labute approximate surface area is 415 Å². The van der Waals surface area contributed by atoms with Gasteiger partial charge in [0.2, 0.25) is 0 Å². The van der Waals surface area contributed by atoms with Gasteiger partial charge in [-0.2, -0.15) is 0 Å². The highest BCUT2D eigenvalue weighted by atomic mass is 15.1. The van der Waals surface area contributed by atoms with Crippen molar-refractivity contribution in [3.8, 4) is 27.9 Å². The van der Waals surface area contributed by atoms with Crippen molar-refractivity contribution in [2.24, 2.45) is 0 Å². The molecule has 0 unspecified atom stereocenters. The molecular weight excluding hydrogens is 845 g/mol. The normalized spacial score (nSPS) is 12.9. The minimum Gasteiger partial charge on any atom is -0.309 e. The number of fused-ring (bicyclic) bond motifs is 3. The zero-order valence-electron chi connectivity index (χ0n) is 43.2. The first-order chi connectivity index (χ1) is 33.3. The first-order valence-electron chi connectivity index (χ1n) is 25.3. The van der Waals surface area contributed by atoms with E-state index in [1.54, 1.807) is 0 Å². The van der Waals surface area contributed by atoms with Crippen LogP contribution in [0.15, 0.2) is 182 Å². The molecule has 0 aliphatic rings. The van der Waals surface area contributed by atoms with E-state index in [0.717, 1.165) is 17.1 Å². The summed E-state index contributed by atoms with van der Waals surface area (Å²) in [6, 6.07) is 69.4. The minimum atomic E-state index is -0.0840. The van der Waals surface area contributed by atoms with Gasteiger partial charge in [-0.1, -0.05) is 210 Å². The van der Waals surface area contributed by atoms with Gasteiger partial charge in [0.05, 0.1) is 28.1 Å². The van der Waals surface area contributed by atoms with Crippen LogP contribution in [-0.2, 0) is 21.7 Å². The van der Waals surface area contributed by atoms with Crippen molar-refractivity contribution in [3.05, 3.63) is 204 Å². The van der Waals surface area contributed by atoms with E-state index in [9.17, 15) is 0 Å². The van der Waals surface area contributed by atoms with Crippen LogP contribution in [-0.4, -0.2) is 4.57 Å². The molecule has 11 rings (SSSR count). The summed E-state index contributed by atoms with van der Waals surface area (Å²) in [6.07, 6.45) is 0. The average molecular weight is 911 g/mol. The number of hydrogen-bond acceptors (Lipinski definition) is 1. The Balaban J connectivity index is 1.21. The van der Waals surface area contributed by atoms with Crippen LogP contribution in [0.4, 0.5) is 17.1 Å². The fourth-order valence-electron chi connectivity index (χ4n) is 10.9. The van der Waals surface area contributed by atoms with E-state index in [0.29, 0.717) is 0 Å². The van der Waals surface area contributed by atoms with Crippen molar-refractivity contribution in [1.29, 1.82) is 0 Å². The highest BCUT2D eigenvalue weighted by Gasteiger charge is 2.28. The fraction of sp³-hybridized carbons (Fsp3) is 0.235. The first kappa shape index (κ1) is 45.3. The number of nitrogens with zero attached hydrogens (tertiary/aromatic N) is 2. The zero-order valence-corrected chi connectivity index (χ0v) is 43.2. The Morgan fingerprint density at radius 3 is 1.39 bits per heavy atom. The predicted octanol–water partition coefficient (Wildman–Crippen LogP) is 19.7. The van der Waals surface area contributed by atoms with Crippen LogP contribution in [0.1, 0.15) is 105 Å². The maximum atomic E-state index is 2.54. The molecule has 1 aromatic heterocycles. The van der Waals surface area contributed by atoms with E-state index in [4.69, 9.17) is 0 Å². The summed E-state index contributed by atoms with van der Waals surface area (Å²) < 4.78 is 2.47. The van der Waals surface area contributed by atoms with Gasteiger partial charge in [-0.05, 0) is 137 Å². The average Bonchev–Trinajstić information content (AvgIpc) is 3.66. The van der Waals surface area contributed by atoms with Crippen molar-refractivity contribution in [1.82, 2.24) is 4.57 Å². The van der Waals surface area contributed by atoms with Crippen molar-refractivity contribution in [2.45, 2.75) is 105 Å². The molecule has 0 saturated heterocycles. The highest BCUT2D eigenvalue weighted by molar-refractivity contribution is 6.27. The molecule has 0 bridgehead atoms. The Hall–Kier alpha value is -7.16. The molecule has 0 aliphatic carbocycles. The standard InChI is InChI=1S/C68H66N2/c1-65(2,3)46-30-34-51(45-38-48(67(7,8)9)40-49(39-45)68(10,11)12)56(41-46)57-42-47(66(4,5)6)31-37-62(57)69(50-20-14-13-15-21-50)60-35-28-43-27-33-55-61(36-29-44-26-32-54(60)63(43)64(44)55)70-58-24-18-16-22-52(58)53-23-17-19-25-59(53)70/h13-42H,1-12H3. The van der Waals surface area contributed by atoms with Crippen LogP contribution in [0, 0.1) is 0 Å².